The third kappa shape index (κ3) is 9.18. The molecular formula is C40H44N2O6. The van der Waals surface area contributed by atoms with E-state index >= 15 is 0 Å². The van der Waals surface area contributed by atoms with Crippen molar-refractivity contribution in [1.29, 1.82) is 0 Å². The molecule has 0 spiro atoms. The van der Waals surface area contributed by atoms with Gasteiger partial charge < -0.3 is 25.6 Å². The van der Waals surface area contributed by atoms with Gasteiger partial charge in [-0.3, -0.25) is 9.59 Å². The second kappa shape index (κ2) is 15.4. The number of carbonyl (C=O) groups is 3. The first-order valence-electron chi connectivity index (χ1n) is 16.4. The number of hydrogen-bond donors (Lipinski definition) is 4. The van der Waals surface area contributed by atoms with Crippen molar-refractivity contribution in [3.63, 3.8) is 0 Å². The van der Waals surface area contributed by atoms with Crippen molar-refractivity contribution in [1.82, 2.24) is 10.6 Å². The van der Waals surface area contributed by atoms with Gasteiger partial charge in [0, 0.05) is 12.0 Å². The lowest BCUT2D eigenvalue weighted by Crippen LogP contribution is -2.49. The zero-order valence-corrected chi connectivity index (χ0v) is 27.6. The Morgan fingerprint density at radius 3 is 2.04 bits per heavy atom. The van der Waals surface area contributed by atoms with Crippen molar-refractivity contribution in [2.45, 2.75) is 76.3 Å². The van der Waals surface area contributed by atoms with Crippen molar-refractivity contribution in [2.24, 2.45) is 5.92 Å². The van der Waals surface area contributed by atoms with Gasteiger partial charge >= 0.3 is 6.09 Å². The van der Waals surface area contributed by atoms with Crippen molar-refractivity contribution >= 4 is 17.8 Å². The zero-order chi connectivity index (χ0) is 34.3. The maximum absolute atomic E-state index is 14.1. The SMILES string of the molecule is CC(C)(C)OC(=O)N[C@@H](Cc1ccccc1)[C@@H](O)C[C@@H](C(=O)N[C@H]1c2ccccc2C[C@H]1O)C(=O)c1ccc(Cc2ccccc2)cc1. The summed E-state index contributed by atoms with van der Waals surface area (Å²) in [6.07, 6.45) is -1.83. The highest BCUT2D eigenvalue weighted by Gasteiger charge is 2.38. The molecule has 250 valence electrons. The van der Waals surface area contributed by atoms with E-state index in [1.165, 1.54) is 0 Å². The third-order valence-corrected chi connectivity index (χ3v) is 8.57. The van der Waals surface area contributed by atoms with Crippen LogP contribution in [0.25, 0.3) is 0 Å². The van der Waals surface area contributed by atoms with E-state index in [1.807, 2.05) is 97.1 Å². The molecule has 0 bridgehead atoms. The molecule has 0 fully saturated rings. The summed E-state index contributed by atoms with van der Waals surface area (Å²) in [4.78, 5) is 41.0. The molecule has 0 saturated heterocycles. The highest BCUT2D eigenvalue weighted by molar-refractivity contribution is 6.10. The van der Waals surface area contributed by atoms with Crippen LogP contribution in [0.3, 0.4) is 0 Å². The third-order valence-electron chi connectivity index (χ3n) is 8.57. The molecule has 0 aromatic heterocycles. The number of aliphatic hydroxyl groups excluding tert-OH is 2. The number of Topliss-reactive ketones (excluding diaryl/α,β-unsaturated/α-hetero) is 1. The molecule has 8 nitrogen and oxygen atoms in total. The molecule has 0 aliphatic heterocycles. The first-order valence-corrected chi connectivity index (χ1v) is 16.4. The number of alkyl carbamates (subject to hydrolysis) is 1. The Kier molecular flexibility index (Phi) is 11.1. The summed E-state index contributed by atoms with van der Waals surface area (Å²) in [5.41, 5.74) is 4.27. The number of amides is 2. The van der Waals surface area contributed by atoms with Gasteiger partial charge in [-0.05, 0) is 67.9 Å². The Balaban J connectivity index is 1.41. The van der Waals surface area contributed by atoms with Gasteiger partial charge in [0.05, 0.1) is 24.3 Å². The number of hydrogen-bond acceptors (Lipinski definition) is 6. The van der Waals surface area contributed by atoms with Crippen LogP contribution < -0.4 is 10.6 Å². The molecule has 48 heavy (non-hydrogen) atoms. The molecule has 0 saturated carbocycles. The molecule has 5 atom stereocenters. The van der Waals surface area contributed by atoms with Crippen LogP contribution in [0.5, 0.6) is 0 Å². The molecule has 4 aromatic rings. The zero-order valence-electron chi connectivity index (χ0n) is 27.6. The number of aliphatic hydroxyl groups is 2. The standard InChI is InChI=1S/C40H44N2O6/c1-40(2,3)48-39(47)41-33(23-27-14-8-5-9-15-27)34(43)25-32(38(46)42-36-31-17-11-10-16-30(31)24-35(36)44)37(45)29-20-18-28(19-21-29)22-26-12-6-4-7-13-26/h4-21,32-36,43-44H,22-25H2,1-3H3,(H,41,47)(H,42,46)/t32-,33+,34+,35-,36+/m1/s1. The summed E-state index contributed by atoms with van der Waals surface area (Å²) < 4.78 is 5.48. The van der Waals surface area contributed by atoms with Gasteiger partial charge in [0.25, 0.3) is 0 Å². The largest absolute Gasteiger partial charge is 0.444 e. The quantitative estimate of drug-likeness (QED) is 0.115. The maximum atomic E-state index is 14.1. The second-order valence-electron chi connectivity index (χ2n) is 13.5. The molecular weight excluding hydrogens is 604 g/mol. The lowest BCUT2D eigenvalue weighted by Gasteiger charge is -2.29. The van der Waals surface area contributed by atoms with Gasteiger partial charge in [0.1, 0.15) is 11.5 Å². The highest BCUT2D eigenvalue weighted by Crippen LogP contribution is 2.32. The molecule has 8 heteroatoms. The minimum absolute atomic E-state index is 0.243. The van der Waals surface area contributed by atoms with Crippen LogP contribution in [0.4, 0.5) is 4.79 Å². The predicted octanol–water partition coefficient (Wildman–Crippen LogP) is 5.74. The van der Waals surface area contributed by atoms with Crippen LogP contribution in [0, 0.1) is 5.92 Å². The Bertz CT molecular complexity index is 1680. The van der Waals surface area contributed by atoms with Crippen molar-refractivity contribution < 1.29 is 29.3 Å². The van der Waals surface area contributed by atoms with Gasteiger partial charge in [-0.25, -0.2) is 4.79 Å². The van der Waals surface area contributed by atoms with Gasteiger partial charge in [0.2, 0.25) is 5.91 Å². The molecule has 0 radical (unpaired) electrons. The van der Waals surface area contributed by atoms with Crippen LogP contribution in [0.2, 0.25) is 0 Å². The molecule has 0 unspecified atom stereocenters. The van der Waals surface area contributed by atoms with Crippen molar-refractivity contribution in [2.75, 3.05) is 0 Å². The lowest BCUT2D eigenvalue weighted by molar-refractivity contribution is -0.126. The summed E-state index contributed by atoms with van der Waals surface area (Å²) in [6.45, 7) is 5.24. The van der Waals surface area contributed by atoms with E-state index in [0.717, 1.165) is 27.8 Å². The van der Waals surface area contributed by atoms with E-state index in [2.05, 4.69) is 10.6 Å². The summed E-state index contributed by atoms with van der Waals surface area (Å²) in [7, 11) is 0. The Morgan fingerprint density at radius 1 is 0.812 bits per heavy atom. The van der Waals surface area contributed by atoms with E-state index in [-0.39, 0.29) is 12.8 Å². The number of fused-ring (bicyclic) bond motifs is 1. The molecule has 0 heterocycles. The van der Waals surface area contributed by atoms with E-state index in [9.17, 15) is 24.6 Å². The van der Waals surface area contributed by atoms with Gasteiger partial charge in [-0.15, -0.1) is 0 Å². The smallest absolute Gasteiger partial charge is 0.407 e. The monoisotopic (exact) mass is 648 g/mol. The average molecular weight is 649 g/mol. The predicted molar refractivity (Wildman–Crippen MR) is 184 cm³/mol. The number of nitrogens with one attached hydrogen (secondary N) is 2. The fraction of sp³-hybridized carbons (Fsp3) is 0.325. The summed E-state index contributed by atoms with van der Waals surface area (Å²) in [6, 6.07) is 32.4. The number of ether oxygens (including phenoxy) is 1. The number of ketones is 1. The van der Waals surface area contributed by atoms with Crippen LogP contribution in [-0.4, -0.2) is 51.8 Å². The maximum Gasteiger partial charge on any atom is 0.407 e. The van der Waals surface area contributed by atoms with Crippen LogP contribution >= 0.6 is 0 Å². The molecule has 1 aliphatic rings. The van der Waals surface area contributed by atoms with Crippen molar-refractivity contribution in [3.8, 4) is 0 Å². The van der Waals surface area contributed by atoms with Gasteiger partial charge in [-0.2, -0.15) is 0 Å². The second-order valence-corrected chi connectivity index (χ2v) is 13.5. The minimum Gasteiger partial charge on any atom is -0.444 e. The molecule has 4 N–H and O–H groups in total. The number of rotatable bonds is 12. The van der Waals surface area contributed by atoms with E-state index < -0.39 is 53.6 Å². The molecule has 1 aliphatic carbocycles. The highest BCUT2D eigenvalue weighted by atomic mass is 16.6. The summed E-state index contributed by atoms with van der Waals surface area (Å²) >= 11 is 0. The van der Waals surface area contributed by atoms with Gasteiger partial charge in [0.15, 0.2) is 5.78 Å². The Labute approximate surface area is 282 Å². The van der Waals surface area contributed by atoms with Gasteiger partial charge in [-0.1, -0.05) is 109 Å². The summed E-state index contributed by atoms with van der Waals surface area (Å²) in [5.74, 6) is -2.38. The van der Waals surface area contributed by atoms with E-state index in [1.54, 1.807) is 32.9 Å². The Hall–Kier alpha value is -4.79. The van der Waals surface area contributed by atoms with Crippen LogP contribution in [0.1, 0.15) is 71.4 Å². The first-order chi connectivity index (χ1) is 23.0. The molecule has 2 amide bonds. The van der Waals surface area contributed by atoms with Crippen LogP contribution in [-0.2, 0) is 28.8 Å². The fourth-order valence-electron chi connectivity index (χ4n) is 6.17. The number of carbonyl (C=O) groups excluding carboxylic acids is 3. The molecule has 5 rings (SSSR count). The van der Waals surface area contributed by atoms with Crippen LogP contribution in [0.15, 0.2) is 109 Å². The fourth-order valence-corrected chi connectivity index (χ4v) is 6.17. The number of benzene rings is 4. The Morgan fingerprint density at radius 2 is 1.40 bits per heavy atom. The topological polar surface area (TPSA) is 125 Å². The van der Waals surface area contributed by atoms with Crippen molar-refractivity contribution in [3.05, 3.63) is 143 Å². The summed E-state index contributed by atoms with van der Waals surface area (Å²) in [5, 5.41) is 28.2. The van der Waals surface area contributed by atoms with E-state index in [0.29, 0.717) is 18.4 Å². The molecule has 4 aromatic carbocycles. The normalized spacial score (nSPS) is 17.4. The van der Waals surface area contributed by atoms with E-state index in [4.69, 9.17) is 4.74 Å². The minimum atomic E-state index is -1.31. The first kappa shape index (κ1) is 34.5. The lowest BCUT2D eigenvalue weighted by atomic mass is 9.87. The average Bonchev–Trinajstić information content (AvgIpc) is 3.37.